The van der Waals surface area contributed by atoms with E-state index in [0.717, 1.165) is 10.0 Å². The van der Waals surface area contributed by atoms with Crippen LogP contribution in [0.3, 0.4) is 0 Å². The number of halogens is 2. The smallest absolute Gasteiger partial charge is 0.171 e. The summed E-state index contributed by atoms with van der Waals surface area (Å²) in [7, 11) is 1.52. The van der Waals surface area contributed by atoms with Crippen molar-refractivity contribution in [2.75, 3.05) is 7.11 Å². The molecule has 0 unspecified atom stereocenters. The molecule has 19 heavy (non-hydrogen) atoms. The van der Waals surface area contributed by atoms with Crippen LogP contribution in [0, 0.1) is 0 Å². The van der Waals surface area contributed by atoms with Crippen LogP contribution in [-0.2, 0) is 6.42 Å². The minimum Gasteiger partial charge on any atom is -0.496 e. The van der Waals surface area contributed by atoms with Crippen molar-refractivity contribution in [2.24, 2.45) is 0 Å². The van der Waals surface area contributed by atoms with Gasteiger partial charge in [0.1, 0.15) is 5.75 Å². The van der Waals surface area contributed by atoms with Crippen molar-refractivity contribution in [2.45, 2.75) is 6.42 Å². The molecule has 0 aliphatic heterocycles. The van der Waals surface area contributed by atoms with E-state index in [4.69, 9.17) is 16.3 Å². The van der Waals surface area contributed by atoms with Crippen molar-refractivity contribution in [1.82, 2.24) is 4.98 Å². The summed E-state index contributed by atoms with van der Waals surface area (Å²) in [5, 5.41) is 0.539. The first-order valence-corrected chi connectivity index (χ1v) is 6.73. The highest BCUT2D eigenvalue weighted by atomic mass is 79.9. The van der Waals surface area contributed by atoms with Crippen LogP contribution in [0.25, 0.3) is 0 Å². The fourth-order valence-corrected chi connectivity index (χ4v) is 2.30. The maximum absolute atomic E-state index is 12.3. The van der Waals surface area contributed by atoms with Gasteiger partial charge >= 0.3 is 0 Å². The molecule has 0 fully saturated rings. The van der Waals surface area contributed by atoms with E-state index in [1.165, 1.54) is 7.11 Å². The van der Waals surface area contributed by atoms with Gasteiger partial charge in [0.15, 0.2) is 5.78 Å². The Morgan fingerprint density at radius 2 is 2.16 bits per heavy atom. The van der Waals surface area contributed by atoms with E-state index in [-0.39, 0.29) is 12.2 Å². The van der Waals surface area contributed by atoms with Crippen LogP contribution in [-0.4, -0.2) is 17.9 Å². The number of aromatic nitrogens is 1. The molecule has 0 aliphatic rings. The monoisotopic (exact) mass is 339 g/mol. The third kappa shape index (κ3) is 3.55. The molecule has 1 aromatic heterocycles. The van der Waals surface area contributed by atoms with Gasteiger partial charge in [-0.1, -0.05) is 11.6 Å². The molecule has 98 valence electrons. The summed E-state index contributed by atoms with van der Waals surface area (Å²) in [6.45, 7) is 0. The standard InChI is InChI=1S/C14H11BrClNO2/c1-19-14-6-11(16)2-3-12(14)13(18)5-9-4-10(15)8-17-7-9/h2-4,6-8H,5H2,1H3. The number of carbonyl (C=O) groups is 1. The predicted molar refractivity (Wildman–Crippen MR) is 78.0 cm³/mol. The van der Waals surface area contributed by atoms with Crippen LogP contribution in [0.4, 0.5) is 0 Å². The lowest BCUT2D eigenvalue weighted by Gasteiger charge is -2.08. The van der Waals surface area contributed by atoms with Gasteiger partial charge in [0.25, 0.3) is 0 Å². The molecule has 0 N–H and O–H groups in total. The highest BCUT2D eigenvalue weighted by Crippen LogP contribution is 2.24. The number of Topliss-reactive ketones (excluding diaryl/α,β-unsaturated/α-hetero) is 1. The minimum absolute atomic E-state index is 0.0339. The van der Waals surface area contributed by atoms with Crippen molar-refractivity contribution >= 4 is 33.3 Å². The molecule has 0 saturated carbocycles. The lowest BCUT2D eigenvalue weighted by Crippen LogP contribution is -2.06. The maximum atomic E-state index is 12.3. The third-order valence-electron chi connectivity index (χ3n) is 2.59. The zero-order valence-corrected chi connectivity index (χ0v) is 12.5. The van der Waals surface area contributed by atoms with Gasteiger partial charge in [-0.15, -0.1) is 0 Å². The van der Waals surface area contributed by atoms with Crippen molar-refractivity contribution < 1.29 is 9.53 Å². The van der Waals surface area contributed by atoms with E-state index in [0.29, 0.717) is 16.3 Å². The van der Waals surface area contributed by atoms with Gasteiger partial charge in [-0.05, 0) is 45.8 Å². The average molecular weight is 341 g/mol. The number of methoxy groups -OCH3 is 1. The summed E-state index contributed by atoms with van der Waals surface area (Å²) in [6, 6.07) is 6.85. The minimum atomic E-state index is -0.0339. The van der Waals surface area contributed by atoms with Crippen LogP contribution in [0.2, 0.25) is 5.02 Å². The lowest BCUT2D eigenvalue weighted by atomic mass is 10.0. The van der Waals surface area contributed by atoms with E-state index in [9.17, 15) is 4.79 Å². The molecule has 0 atom stereocenters. The Morgan fingerprint density at radius 1 is 1.37 bits per heavy atom. The van der Waals surface area contributed by atoms with Gasteiger partial charge in [0.2, 0.25) is 0 Å². The number of ether oxygens (including phenoxy) is 1. The van der Waals surface area contributed by atoms with E-state index in [1.807, 2.05) is 6.07 Å². The second-order valence-corrected chi connectivity index (χ2v) is 5.31. The number of hydrogen-bond donors (Lipinski definition) is 0. The van der Waals surface area contributed by atoms with Gasteiger partial charge in [-0.3, -0.25) is 9.78 Å². The third-order valence-corrected chi connectivity index (χ3v) is 3.26. The Morgan fingerprint density at radius 3 is 2.84 bits per heavy atom. The number of nitrogens with zero attached hydrogens (tertiary/aromatic N) is 1. The maximum Gasteiger partial charge on any atom is 0.171 e. The molecule has 0 radical (unpaired) electrons. The van der Waals surface area contributed by atoms with E-state index < -0.39 is 0 Å². The van der Waals surface area contributed by atoms with Gasteiger partial charge in [-0.25, -0.2) is 0 Å². The fraction of sp³-hybridized carbons (Fsp3) is 0.143. The van der Waals surface area contributed by atoms with Crippen LogP contribution in [0.1, 0.15) is 15.9 Å². The molecule has 0 spiro atoms. The van der Waals surface area contributed by atoms with Crippen molar-refractivity contribution in [3.8, 4) is 5.75 Å². The number of carbonyl (C=O) groups excluding carboxylic acids is 1. The Kier molecular flexibility index (Phi) is 4.56. The van der Waals surface area contributed by atoms with Crippen molar-refractivity contribution in [3.63, 3.8) is 0 Å². The summed E-state index contributed by atoms with van der Waals surface area (Å²) < 4.78 is 6.03. The number of rotatable bonds is 4. The first kappa shape index (κ1) is 14.0. The van der Waals surface area contributed by atoms with Gasteiger partial charge < -0.3 is 4.74 Å². The van der Waals surface area contributed by atoms with E-state index >= 15 is 0 Å². The topological polar surface area (TPSA) is 39.2 Å². The first-order chi connectivity index (χ1) is 9.10. The normalized spacial score (nSPS) is 10.3. The molecule has 3 nitrogen and oxygen atoms in total. The molecule has 5 heteroatoms. The zero-order valence-electron chi connectivity index (χ0n) is 10.2. The lowest BCUT2D eigenvalue weighted by molar-refractivity contribution is 0.0990. The molecule has 0 aliphatic carbocycles. The van der Waals surface area contributed by atoms with Crippen molar-refractivity contribution in [3.05, 3.63) is 57.3 Å². The Hall–Kier alpha value is -1.39. The van der Waals surface area contributed by atoms with Crippen LogP contribution in [0.5, 0.6) is 5.75 Å². The molecule has 1 heterocycles. The molecule has 0 saturated heterocycles. The summed E-state index contributed by atoms with van der Waals surface area (Å²) in [5.41, 5.74) is 1.36. The summed E-state index contributed by atoms with van der Waals surface area (Å²) in [5.74, 6) is 0.453. The molecule has 0 bridgehead atoms. The molecular formula is C14H11BrClNO2. The summed E-state index contributed by atoms with van der Waals surface area (Å²) in [6.07, 6.45) is 3.62. The average Bonchev–Trinajstić information content (AvgIpc) is 2.38. The summed E-state index contributed by atoms with van der Waals surface area (Å²) >= 11 is 9.20. The van der Waals surface area contributed by atoms with Gasteiger partial charge in [0.05, 0.1) is 12.7 Å². The second-order valence-electron chi connectivity index (χ2n) is 3.96. The van der Waals surface area contributed by atoms with Crippen LogP contribution < -0.4 is 4.74 Å². The molecule has 0 amide bonds. The highest BCUT2D eigenvalue weighted by Gasteiger charge is 2.13. The van der Waals surface area contributed by atoms with Crippen LogP contribution in [0.15, 0.2) is 41.1 Å². The molecule has 2 aromatic rings. The number of pyridine rings is 1. The predicted octanol–water partition coefficient (Wildman–Crippen LogP) is 3.93. The van der Waals surface area contributed by atoms with Gasteiger partial charge in [0, 0.05) is 28.3 Å². The second kappa shape index (κ2) is 6.17. The number of benzene rings is 1. The van der Waals surface area contributed by atoms with Crippen LogP contribution >= 0.6 is 27.5 Å². The van der Waals surface area contributed by atoms with Crippen molar-refractivity contribution in [1.29, 1.82) is 0 Å². The Balaban J connectivity index is 2.25. The number of hydrogen-bond acceptors (Lipinski definition) is 3. The van der Waals surface area contributed by atoms with E-state index in [1.54, 1.807) is 30.6 Å². The largest absolute Gasteiger partial charge is 0.496 e. The first-order valence-electron chi connectivity index (χ1n) is 5.56. The fourth-order valence-electron chi connectivity index (χ4n) is 1.73. The van der Waals surface area contributed by atoms with Gasteiger partial charge in [-0.2, -0.15) is 0 Å². The highest BCUT2D eigenvalue weighted by molar-refractivity contribution is 9.10. The number of ketones is 1. The molecule has 1 aromatic carbocycles. The SMILES string of the molecule is COc1cc(Cl)ccc1C(=O)Cc1cncc(Br)c1. The quantitative estimate of drug-likeness (QED) is 0.792. The molecular weight excluding hydrogens is 330 g/mol. The Bertz CT molecular complexity index is 616. The Labute approximate surface area is 124 Å². The molecule has 2 rings (SSSR count). The van der Waals surface area contributed by atoms with E-state index in [2.05, 4.69) is 20.9 Å². The summed E-state index contributed by atoms with van der Waals surface area (Å²) in [4.78, 5) is 16.3. The zero-order chi connectivity index (χ0) is 13.8.